The molecule has 2 heterocycles. The molecule has 2 aromatic carbocycles. The quantitative estimate of drug-likeness (QED) is 0.0321. The molecule has 3 aliphatic rings. The van der Waals surface area contributed by atoms with Gasteiger partial charge in [-0.2, -0.15) is 0 Å². The van der Waals surface area contributed by atoms with E-state index in [1.807, 2.05) is 67.6 Å². The van der Waals surface area contributed by atoms with Gasteiger partial charge in [-0.15, -0.1) is 23.5 Å². The van der Waals surface area contributed by atoms with Crippen LogP contribution in [-0.2, 0) is 38.2 Å². The minimum Gasteiger partial charge on any atom is -0.480 e. The third-order valence-electron chi connectivity index (χ3n) is 17.1. The fraction of sp³-hybridized carbons (Fsp3) is 0.603. The molecule has 2 aliphatic carbocycles. The highest BCUT2D eigenvalue weighted by molar-refractivity contribution is 8.00. The first kappa shape index (κ1) is 67.5. The number of ether oxygens (including phenoxy) is 3. The van der Waals surface area contributed by atoms with Gasteiger partial charge in [0.15, 0.2) is 0 Å². The number of anilines is 1. The summed E-state index contributed by atoms with van der Waals surface area (Å²) in [7, 11) is 0. The van der Waals surface area contributed by atoms with Crippen LogP contribution >= 0.6 is 23.5 Å². The van der Waals surface area contributed by atoms with Gasteiger partial charge in [0.25, 0.3) is 6.47 Å². The van der Waals surface area contributed by atoms with Crippen molar-refractivity contribution in [3.05, 3.63) is 88.8 Å². The molecule has 2 amide bonds. The summed E-state index contributed by atoms with van der Waals surface area (Å²) >= 11 is 2.65. The Morgan fingerprint density at radius 2 is 1.20 bits per heavy atom. The van der Waals surface area contributed by atoms with E-state index in [0.717, 1.165) is 49.6 Å². The third kappa shape index (κ3) is 17.3. The fourth-order valence-corrected chi connectivity index (χ4v) is 14.3. The first-order chi connectivity index (χ1) is 39.3. The molecule has 6 atom stereocenters. The Morgan fingerprint density at radius 1 is 0.702 bits per heavy atom. The predicted molar refractivity (Wildman–Crippen MR) is 341 cm³/mol. The van der Waals surface area contributed by atoms with Crippen molar-refractivity contribution in [2.75, 3.05) is 23.4 Å². The summed E-state index contributed by atoms with van der Waals surface area (Å²) in [5.41, 5.74) is 2.21. The van der Waals surface area contributed by atoms with Gasteiger partial charge in [-0.25, -0.2) is 14.6 Å². The number of carboxylic acid groups (broad SMARTS) is 1. The maximum absolute atomic E-state index is 15.8. The SMILES string of the molecule is CCCSC(C)C(=O)NC1=NC(=Cc2[nH]c(NC(=O)CCCCSC(COC=O)C(=O)O)c(C(=O)OC3C(C(C)(C)C)CC(C)CC3C(C)(C)C)c2-c2ccccc2)C(c2ccccc2)=C1C(=O)OC1C(C(C)(C)C)CC(C)CC1C(C)(C)C. The summed E-state index contributed by atoms with van der Waals surface area (Å²) in [6, 6.07) is 18.9. The van der Waals surface area contributed by atoms with Crippen LogP contribution in [0.4, 0.5) is 5.82 Å². The Bertz CT molecular complexity index is 2840. The second-order valence-electron chi connectivity index (χ2n) is 28.1. The minimum atomic E-state index is -1.10. The van der Waals surface area contributed by atoms with Crippen molar-refractivity contribution in [3.63, 3.8) is 0 Å². The molecule has 1 aliphatic heterocycles. The molecule has 3 aromatic rings. The summed E-state index contributed by atoms with van der Waals surface area (Å²) < 4.78 is 18.7. The molecule has 84 heavy (non-hydrogen) atoms. The van der Waals surface area contributed by atoms with E-state index in [-0.39, 0.29) is 93.5 Å². The number of carbonyl (C=O) groups is 6. The summed E-state index contributed by atoms with van der Waals surface area (Å²) in [6.45, 7) is 34.9. The lowest BCUT2D eigenvalue weighted by Crippen LogP contribution is -2.50. The molecule has 4 N–H and O–H groups in total. The number of nitrogens with zero attached hydrogens (tertiary/aromatic N) is 1. The van der Waals surface area contributed by atoms with E-state index in [1.165, 1.54) is 11.8 Å². The highest BCUT2D eigenvalue weighted by Gasteiger charge is 2.51. The van der Waals surface area contributed by atoms with E-state index in [4.69, 9.17) is 19.2 Å². The van der Waals surface area contributed by atoms with Gasteiger partial charge in [0.2, 0.25) is 11.8 Å². The molecule has 0 spiro atoms. The van der Waals surface area contributed by atoms with Gasteiger partial charge in [-0.3, -0.25) is 19.2 Å². The second kappa shape index (κ2) is 28.7. The lowest BCUT2D eigenvalue weighted by atomic mass is 9.59. The molecular formula is C68H96N4O10S2. The molecule has 6 unspecified atom stereocenters. The number of aliphatic imine (C=N–C) groups is 1. The number of hydrogen-bond donors (Lipinski definition) is 4. The summed E-state index contributed by atoms with van der Waals surface area (Å²) in [5, 5.41) is 14.4. The smallest absolute Gasteiger partial charge is 0.342 e. The number of nitrogens with one attached hydrogen (secondary N) is 3. The number of aromatic nitrogens is 1. The number of amides is 2. The molecule has 0 radical (unpaired) electrons. The highest BCUT2D eigenvalue weighted by Crippen LogP contribution is 2.52. The zero-order valence-corrected chi connectivity index (χ0v) is 54.5. The first-order valence-corrected chi connectivity index (χ1v) is 32.4. The van der Waals surface area contributed by atoms with Crippen molar-refractivity contribution >= 4 is 83.0 Å². The number of carboxylic acids is 1. The predicted octanol–water partition coefficient (Wildman–Crippen LogP) is 15.0. The number of aliphatic carboxylic acids is 1. The summed E-state index contributed by atoms with van der Waals surface area (Å²) in [5.74, 6) is -0.837. The molecule has 16 heteroatoms. The highest BCUT2D eigenvalue weighted by atomic mass is 32.2. The molecule has 1 aromatic heterocycles. The van der Waals surface area contributed by atoms with Gasteiger partial charge >= 0.3 is 17.9 Å². The molecular weight excluding hydrogens is 1100 g/mol. The zero-order chi connectivity index (χ0) is 62.1. The minimum absolute atomic E-state index is 0.00687. The Kier molecular flexibility index (Phi) is 23.1. The number of carbonyl (C=O) groups excluding carboxylic acids is 5. The standard InChI is InChI=1S/C68H96N4O10S2/c1-17-31-83-42(4)61(75)72-60-56(64(79)82-58-47(67(11,12)13)35-41(3)36-48(58)68(14,15)16)54(44-28-22-19-23-29-44)50(70-60)37-49-53(43-26-20-18-21-27-43)55(59(69-49)71-52(74)30-24-25-32-84-51(62(76)77)38-80-39-73)63(78)81-57-45(65(5,6)7)33-40(2)34-46(57)66(8,9)10/h18-23,26-29,37,39-42,45-48,51,57-58,69H,17,24-25,30-36,38H2,1-16H3,(H,71,74)(H,76,77)(H,70,72,75). The van der Waals surface area contributed by atoms with E-state index in [0.29, 0.717) is 64.1 Å². The zero-order valence-electron chi connectivity index (χ0n) is 52.9. The van der Waals surface area contributed by atoms with Crippen molar-refractivity contribution in [1.82, 2.24) is 10.3 Å². The number of esters is 2. The second-order valence-corrected chi connectivity index (χ2v) is 30.8. The van der Waals surface area contributed by atoms with Gasteiger partial charge in [0.05, 0.1) is 16.6 Å². The Labute approximate surface area is 509 Å². The molecule has 2 fully saturated rings. The van der Waals surface area contributed by atoms with Crippen LogP contribution < -0.4 is 10.6 Å². The number of aromatic amines is 1. The number of benzene rings is 2. The van der Waals surface area contributed by atoms with Gasteiger partial charge in [-0.1, -0.05) is 165 Å². The summed E-state index contributed by atoms with van der Waals surface area (Å²) in [6.07, 6.45) is 6.11. The van der Waals surface area contributed by atoms with Crippen molar-refractivity contribution in [2.24, 2.45) is 62.2 Å². The maximum Gasteiger partial charge on any atom is 0.342 e. The van der Waals surface area contributed by atoms with Crippen LogP contribution in [0.5, 0.6) is 0 Å². The number of allylic oxidation sites excluding steroid dienone is 1. The van der Waals surface area contributed by atoms with E-state index < -0.39 is 46.5 Å². The van der Waals surface area contributed by atoms with Crippen LogP contribution in [0.2, 0.25) is 0 Å². The topological polar surface area (TPSA) is 203 Å². The average Bonchev–Trinajstić information content (AvgIpc) is 2.41. The third-order valence-corrected chi connectivity index (χ3v) is 19.7. The molecule has 2 saturated carbocycles. The van der Waals surface area contributed by atoms with E-state index in [9.17, 15) is 24.3 Å². The molecule has 460 valence electrons. The lowest BCUT2D eigenvalue weighted by molar-refractivity contribution is -0.164. The van der Waals surface area contributed by atoms with Crippen LogP contribution in [0.25, 0.3) is 22.8 Å². The first-order valence-electron chi connectivity index (χ1n) is 30.3. The number of amidine groups is 1. The molecule has 6 rings (SSSR count). The molecule has 14 nitrogen and oxygen atoms in total. The van der Waals surface area contributed by atoms with Crippen molar-refractivity contribution in [1.29, 1.82) is 0 Å². The molecule has 0 bridgehead atoms. The van der Waals surface area contributed by atoms with Gasteiger partial charge in [-0.05, 0) is 114 Å². The number of rotatable bonds is 22. The van der Waals surface area contributed by atoms with Gasteiger partial charge < -0.3 is 34.9 Å². The van der Waals surface area contributed by atoms with Crippen LogP contribution in [0.3, 0.4) is 0 Å². The van der Waals surface area contributed by atoms with E-state index in [1.54, 1.807) is 6.08 Å². The van der Waals surface area contributed by atoms with Crippen molar-refractivity contribution < 1.29 is 48.1 Å². The number of unbranched alkanes of at least 4 members (excludes halogenated alkanes) is 1. The fourth-order valence-electron chi connectivity index (χ4n) is 12.6. The maximum atomic E-state index is 15.8. The largest absolute Gasteiger partial charge is 0.480 e. The number of H-pyrrole nitrogens is 1. The van der Waals surface area contributed by atoms with Crippen LogP contribution in [-0.4, -0.2) is 92.9 Å². The van der Waals surface area contributed by atoms with Crippen LogP contribution in [0.15, 0.2) is 76.9 Å². The van der Waals surface area contributed by atoms with Crippen LogP contribution in [0, 0.1) is 57.2 Å². The Hall–Kier alpha value is -5.61. The monoisotopic (exact) mass is 1190 g/mol. The van der Waals surface area contributed by atoms with Gasteiger partial charge in [0.1, 0.15) is 46.9 Å². The normalized spacial score (nSPS) is 23.5. The van der Waals surface area contributed by atoms with Crippen LogP contribution in [0.1, 0.15) is 184 Å². The number of hydrogen-bond acceptors (Lipinski definition) is 12. The van der Waals surface area contributed by atoms with E-state index in [2.05, 4.69) is 119 Å². The summed E-state index contributed by atoms with van der Waals surface area (Å²) in [4.78, 5) is 91.5. The number of thioether (sulfide) groups is 2. The molecule has 0 saturated heterocycles. The van der Waals surface area contributed by atoms with Crippen molar-refractivity contribution in [3.8, 4) is 11.1 Å². The lowest BCUT2D eigenvalue weighted by Gasteiger charge is -2.50. The van der Waals surface area contributed by atoms with E-state index >= 15 is 9.59 Å². The Balaban J connectivity index is 1.59. The average molecular weight is 1190 g/mol. The Morgan fingerprint density at radius 3 is 1.68 bits per heavy atom. The van der Waals surface area contributed by atoms with Crippen molar-refractivity contribution in [2.45, 2.75) is 185 Å². The van der Waals surface area contributed by atoms with Gasteiger partial charge in [0, 0.05) is 41.2 Å².